The fourth-order valence-electron chi connectivity index (χ4n) is 2.35. The number of carbonyl (C=O) groups is 2. The SMILES string of the molecule is CCCC1NC(=O)C(C)N(c2cnccc2C)C1=O. The lowest BCUT2D eigenvalue weighted by molar-refractivity contribution is -0.133. The topological polar surface area (TPSA) is 62.3 Å². The van der Waals surface area contributed by atoms with Crippen LogP contribution in [-0.2, 0) is 9.59 Å². The third-order valence-electron chi connectivity index (χ3n) is 3.47. The molecule has 1 saturated heterocycles. The molecule has 102 valence electrons. The monoisotopic (exact) mass is 261 g/mol. The van der Waals surface area contributed by atoms with Gasteiger partial charge in [0.2, 0.25) is 11.8 Å². The Hall–Kier alpha value is -1.91. The van der Waals surface area contributed by atoms with Crippen molar-refractivity contribution in [1.82, 2.24) is 10.3 Å². The van der Waals surface area contributed by atoms with Crippen LogP contribution in [0, 0.1) is 6.92 Å². The van der Waals surface area contributed by atoms with Crippen molar-refractivity contribution in [2.45, 2.75) is 45.7 Å². The maximum absolute atomic E-state index is 12.5. The van der Waals surface area contributed by atoms with Crippen molar-refractivity contribution in [2.75, 3.05) is 4.90 Å². The molecule has 2 atom stereocenters. The molecule has 5 nitrogen and oxygen atoms in total. The van der Waals surface area contributed by atoms with Gasteiger partial charge in [-0.2, -0.15) is 0 Å². The van der Waals surface area contributed by atoms with Gasteiger partial charge in [0.15, 0.2) is 0 Å². The summed E-state index contributed by atoms with van der Waals surface area (Å²) >= 11 is 0. The number of anilines is 1. The Morgan fingerprint density at radius 2 is 2.16 bits per heavy atom. The van der Waals surface area contributed by atoms with Crippen molar-refractivity contribution in [2.24, 2.45) is 0 Å². The van der Waals surface area contributed by atoms with Crippen molar-refractivity contribution >= 4 is 17.5 Å². The molecule has 19 heavy (non-hydrogen) atoms. The second-order valence-corrected chi connectivity index (χ2v) is 4.90. The summed E-state index contributed by atoms with van der Waals surface area (Å²) in [6.07, 6.45) is 4.84. The van der Waals surface area contributed by atoms with Crippen molar-refractivity contribution in [3.63, 3.8) is 0 Å². The summed E-state index contributed by atoms with van der Waals surface area (Å²) in [7, 11) is 0. The first-order chi connectivity index (χ1) is 9.06. The first kappa shape index (κ1) is 13.5. The van der Waals surface area contributed by atoms with Gasteiger partial charge in [-0.25, -0.2) is 0 Å². The molecular weight excluding hydrogens is 242 g/mol. The van der Waals surface area contributed by atoms with Gasteiger partial charge >= 0.3 is 0 Å². The fraction of sp³-hybridized carbons (Fsp3) is 0.500. The molecular formula is C14H19N3O2. The van der Waals surface area contributed by atoms with Crippen LogP contribution in [0.4, 0.5) is 5.69 Å². The quantitative estimate of drug-likeness (QED) is 0.894. The van der Waals surface area contributed by atoms with Crippen molar-refractivity contribution < 1.29 is 9.59 Å². The Bertz CT molecular complexity index is 501. The number of nitrogens with one attached hydrogen (secondary N) is 1. The number of carbonyl (C=O) groups excluding carboxylic acids is 2. The number of aryl methyl sites for hydroxylation is 1. The lowest BCUT2D eigenvalue weighted by Gasteiger charge is -2.37. The van der Waals surface area contributed by atoms with Crippen molar-refractivity contribution in [3.05, 3.63) is 24.0 Å². The van der Waals surface area contributed by atoms with E-state index in [1.807, 2.05) is 19.9 Å². The molecule has 5 heteroatoms. The molecule has 1 aliphatic heterocycles. The van der Waals surface area contributed by atoms with E-state index in [9.17, 15) is 9.59 Å². The third kappa shape index (κ3) is 2.45. The van der Waals surface area contributed by atoms with Gasteiger partial charge in [0.05, 0.1) is 11.9 Å². The summed E-state index contributed by atoms with van der Waals surface area (Å²) in [6, 6.07) is 0.924. The van der Waals surface area contributed by atoms with E-state index in [1.165, 1.54) is 0 Å². The summed E-state index contributed by atoms with van der Waals surface area (Å²) in [6.45, 7) is 5.65. The van der Waals surface area contributed by atoms with Crippen LogP contribution in [0.25, 0.3) is 0 Å². The van der Waals surface area contributed by atoms with Gasteiger partial charge in [-0.05, 0) is 31.9 Å². The standard InChI is InChI=1S/C14H19N3O2/c1-4-5-11-14(19)17(10(3)13(18)16-11)12-8-15-7-6-9(12)2/h6-8,10-11H,4-5H2,1-3H3,(H,16,18). The van der Waals surface area contributed by atoms with Crippen LogP contribution in [0.15, 0.2) is 18.5 Å². The van der Waals surface area contributed by atoms with Crippen LogP contribution in [0.1, 0.15) is 32.3 Å². The predicted molar refractivity (Wildman–Crippen MR) is 72.8 cm³/mol. The van der Waals surface area contributed by atoms with E-state index < -0.39 is 12.1 Å². The zero-order valence-corrected chi connectivity index (χ0v) is 11.5. The molecule has 0 spiro atoms. The van der Waals surface area contributed by atoms with E-state index in [0.29, 0.717) is 6.42 Å². The summed E-state index contributed by atoms with van der Waals surface area (Å²) in [5.74, 6) is -0.161. The predicted octanol–water partition coefficient (Wildman–Crippen LogP) is 1.41. The molecule has 0 saturated carbocycles. The number of rotatable bonds is 3. The van der Waals surface area contributed by atoms with Crippen LogP contribution in [-0.4, -0.2) is 28.9 Å². The molecule has 1 aromatic rings. The number of nitrogens with zero attached hydrogens (tertiary/aromatic N) is 2. The summed E-state index contributed by atoms with van der Waals surface area (Å²) < 4.78 is 0. The summed E-state index contributed by atoms with van der Waals surface area (Å²) in [5.41, 5.74) is 1.66. The second-order valence-electron chi connectivity index (χ2n) is 4.90. The van der Waals surface area contributed by atoms with Crippen LogP contribution in [0.5, 0.6) is 0 Å². The van der Waals surface area contributed by atoms with Gasteiger partial charge in [0.25, 0.3) is 0 Å². The number of piperazine rings is 1. The minimum Gasteiger partial charge on any atom is -0.342 e. The Kier molecular flexibility index (Phi) is 3.83. The van der Waals surface area contributed by atoms with Crippen LogP contribution in [0.3, 0.4) is 0 Å². The molecule has 0 bridgehead atoms. The molecule has 0 aromatic carbocycles. The third-order valence-corrected chi connectivity index (χ3v) is 3.47. The fourth-order valence-corrected chi connectivity index (χ4v) is 2.35. The first-order valence-corrected chi connectivity index (χ1v) is 6.60. The van der Waals surface area contributed by atoms with E-state index in [1.54, 1.807) is 24.2 Å². The highest BCUT2D eigenvalue weighted by atomic mass is 16.2. The van der Waals surface area contributed by atoms with Crippen molar-refractivity contribution in [1.29, 1.82) is 0 Å². The van der Waals surface area contributed by atoms with Crippen molar-refractivity contribution in [3.8, 4) is 0 Å². The molecule has 2 unspecified atom stereocenters. The molecule has 0 aliphatic carbocycles. The zero-order chi connectivity index (χ0) is 14.0. The van der Waals surface area contributed by atoms with E-state index in [-0.39, 0.29) is 11.8 Å². The lowest BCUT2D eigenvalue weighted by atomic mass is 10.0. The van der Waals surface area contributed by atoms with E-state index >= 15 is 0 Å². The Balaban J connectivity index is 2.38. The Morgan fingerprint density at radius 1 is 1.42 bits per heavy atom. The van der Waals surface area contributed by atoms with Gasteiger partial charge in [0.1, 0.15) is 12.1 Å². The van der Waals surface area contributed by atoms with Crippen LogP contribution < -0.4 is 10.2 Å². The molecule has 1 fully saturated rings. The Labute approximate surface area is 113 Å². The van der Waals surface area contributed by atoms with Crippen LogP contribution in [0.2, 0.25) is 0 Å². The smallest absolute Gasteiger partial charge is 0.250 e. The van der Waals surface area contributed by atoms with Gasteiger partial charge < -0.3 is 5.32 Å². The summed E-state index contributed by atoms with van der Waals surface area (Å²) in [5, 5.41) is 2.79. The van der Waals surface area contributed by atoms with E-state index in [0.717, 1.165) is 17.7 Å². The van der Waals surface area contributed by atoms with Gasteiger partial charge in [-0.3, -0.25) is 19.5 Å². The minimum atomic E-state index is -0.497. The normalized spacial score (nSPS) is 23.4. The molecule has 1 N–H and O–H groups in total. The Morgan fingerprint density at radius 3 is 2.79 bits per heavy atom. The van der Waals surface area contributed by atoms with E-state index in [2.05, 4.69) is 10.3 Å². The maximum atomic E-state index is 12.5. The largest absolute Gasteiger partial charge is 0.342 e. The number of aromatic nitrogens is 1. The minimum absolute atomic E-state index is 0.0509. The molecule has 1 aromatic heterocycles. The molecule has 2 amide bonds. The maximum Gasteiger partial charge on any atom is 0.250 e. The van der Waals surface area contributed by atoms with E-state index in [4.69, 9.17) is 0 Å². The molecule has 1 aliphatic rings. The number of hydrogen-bond acceptors (Lipinski definition) is 3. The molecule has 0 radical (unpaired) electrons. The molecule has 2 rings (SSSR count). The number of pyridine rings is 1. The van der Waals surface area contributed by atoms with Crippen LogP contribution >= 0.6 is 0 Å². The second kappa shape index (κ2) is 5.38. The number of amides is 2. The average molecular weight is 261 g/mol. The highest BCUT2D eigenvalue weighted by Gasteiger charge is 2.38. The van der Waals surface area contributed by atoms with Gasteiger partial charge in [-0.15, -0.1) is 0 Å². The first-order valence-electron chi connectivity index (χ1n) is 6.60. The zero-order valence-electron chi connectivity index (χ0n) is 11.5. The lowest BCUT2D eigenvalue weighted by Crippen LogP contribution is -2.62. The highest BCUT2D eigenvalue weighted by molar-refractivity contribution is 6.08. The highest BCUT2D eigenvalue weighted by Crippen LogP contribution is 2.24. The summed E-state index contributed by atoms with van der Waals surface area (Å²) in [4.78, 5) is 30.1. The number of hydrogen-bond donors (Lipinski definition) is 1. The van der Waals surface area contributed by atoms with Gasteiger partial charge in [0, 0.05) is 6.20 Å². The van der Waals surface area contributed by atoms with Gasteiger partial charge in [-0.1, -0.05) is 13.3 Å². The molecule has 2 heterocycles. The average Bonchev–Trinajstić information content (AvgIpc) is 2.38.